The van der Waals surface area contributed by atoms with E-state index in [1.54, 1.807) is 30.3 Å². The van der Waals surface area contributed by atoms with E-state index < -0.39 is 5.97 Å². The van der Waals surface area contributed by atoms with Crippen LogP contribution in [-0.4, -0.2) is 43.2 Å². The van der Waals surface area contributed by atoms with Crippen molar-refractivity contribution in [2.75, 3.05) is 31.2 Å². The molecule has 1 aliphatic heterocycles. The lowest BCUT2D eigenvalue weighted by Gasteiger charge is -2.28. The molecule has 2 aromatic rings. The fraction of sp³-hybridized carbons (Fsp3) is 0.222. The minimum Gasteiger partial charge on any atom is -0.478 e. The molecule has 5 heteroatoms. The molecular formula is C18H17NO4. The average Bonchev–Trinajstić information content (AvgIpc) is 2.62. The smallest absolute Gasteiger partial charge is 0.336 e. The van der Waals surface area contributed by atoms with Gasteiger partial charge in [0.15, 0.2) is 5.78 Å². The number of carbonyl (C=O) groups is 2. The minimum atomic E-state index is -1.10. The van der Waals surface area contributed by atoms with Gasteiger partial charge in [0.05, 0.1) is 18.8 Å². The fourth-order valence-corrected chi connectivity index (χ4v) is 2.67. The van der Waals surface area contributed by atoms with Crippen LogP contribution in [0.1, 0.15) is 26.3 Å². The zero-order valence-electron chi connectivity index (χ0n) is 12.6. The summed E-state index contributed by atoms with van der Waals surface area (Å²) in [7, 11) is 0. The van der Waals surface area contributed by atoms with Gasteiger partial charge in [-0.3, -0.25) is 4.79 Å². The van der Waals surface area contributed by atoms with Crippen LogP contribution in [0.3, 0.4) is 0 Å². The molecule has 23 heavy (non-hydrogen) atoms. The van der Waals surface area contributed by atoms with Crippen molar-refractivity contribution in [2.45, 2.75) is 0 Å². The van der Waals surface area contributed by atoms with Gasteiger partial charge in [-0.05, 0) is 30.3 Å². The number of ketones is 1. The third-order valence-electron chi connectivity index (χ3n) is 3.91. The number of hydrogen-bond acceptors (Lipinski definition) is 4. The maximum atomic E-state index is 12.6. The highest BCUT2D eigenvalue weighted by Gasteiger charge is 2.18. The Labute approximate surface area is 134 Å². The van der Waals surface area contributed by atoms with Gasteiger partial charge < -0.3 is 14.7 Å². The first-order valence-electron chi connectivity index (χ1n) is 7.46. The van der Waals surface area contributed by atoms with E-state index in [0.29, 0.717) is 18.8 Å². The number of benzene rings is 2. The highest BCUT2D eigenvalue weighted by molar-refractivity contribution is 6.14. The molecule has 3 rings (SSSR count). The lowest BCUT2D eigenvalue weighted by molar-refractivity contribution is 0.0693. The molecule has 1 N–H and O–H groups in total. The third-order valence-corrected chi connectivity index (χ3v) is 3.91. The second-order valence-electron chi connectivity index (χ2n) is 5.33. The Hall–Kier alpha value is -2.66. The standard InChI is InChI=1S/C18H17NO4/c20-17(15-3-1-2-4-16(15)18(21)22)13-5-7-14(8-6-13)19-9-11-23-12-10-19/h1-8H,9-12H2,(H,21,22). The van der Waals surface area contributed by atoms with E-state index in [1.165, 1.54) is 6.07 Å². The molecule has 1 heterocycles. The van der Waals surface area contributed by atoms with Crippen molar-refractivity contribution in [3.63, 3.8) is 0 Å². The summed E-state index contributed by atoms with van der Waals surface area (Å²) < 4.78 is 5.33. The van der Waals surface area contributed by atoms with Crippen molar-refractivity contribution in [3.8, 4) is 0 Å². The zero-order chi connectivity index (χ0) is 16.2. The number of carbonyl (C=O) groups excluding carboxylic acids is 1. The first-order chi connectivity index (χ1) is 11.2. The van der Waals surface area contributed by atoms with Crippen molar-refractivity contribution in [2.24, 2.45) is 0 Å². The van der Waals surface area contributed by atoms with Crippen LogP contribution in [0.4, 0.5) is 5.69 Å². The number of anilines is 1. The van der Waals surface area contributed by atoms with Gasteiger partial charge in [-0.2, -0.15) is 0 Å². The molecule has 0 atom stereocenters. The van der Waals surface area contributed by atoms with Crippen LogP contribution in [-0.2, 0) is 4.74 Å². The Kier molecular flexibility index (Phi) is 4.39. The number of nitrogens with zero attached hydrogens (tertiary/aromatic N) is 1. The Balaban J connectivity index is 1.84. The van der Waals surface area contributed by atoms with Crippen molar-refractivity contribution < 1.29 is 19.4 Å². The van der Waals surface area contributed by atoms with Crippen LogP contribution < -0.4 is 4.90 Å². The molecule has 0 unspecified atom stereocenters. The van der Waals surface area contributed by atoms with Gasteiger partial charge in [-0.25, -0.2) is 4.79 Å². The number of carboxylic acids is 1. The summed E-state index contributed by atoms with van der Waals surface area (Å²) in [5.41, 5.74) is 1.75. The summed E-state index contributed by atoms with van der Waals surface area (Å²) in [6.45, 7) is 3.06. The van der Waals surface area contributed by atoms with E-state index in [0.717, 1.165) is 18.8 Å². The molecule has 1 fully saturated rings. The van der Waals surface area contributed by atoms with Crippen molar-refractivity contribution in [3.05, 3.63) is 65.2 Å². The molecule has 0 radical (unpaired) electrons. The number of ether oxygens (including phenoxy) is 1. The number of carboxylic acid groups (broad SMARTS) is 1. The summed E-state index contributed by atoms with van der Waals surface area (Å²) >= 11 is 0. The van der Waals surface area contributed by atoms with Crippen LogP contribution in [0.25, 0.3) is 0 Å². The lowest BCUT2D eigenvalue weighted by Crippen LogP contribution is -2.36. The Bertz CT molecular complexity index is 718. The summed E-state index contributed by atoms with van der Waals surface area (Å²) in [5, 5.41) is 9.21. The van der Waals surface area contributed by atoms with E-state index in [1.807, 2.05) is 12.1 Å². The number of morpholine rings is 1. The second kappa shape index (κ2) is 6.62. The maximum absolute atomic E-state index is 12.6. The largest absolute Gasteiger partial charge is 0.478 e. The first-order valence-corrected chi connectivity index (χ1v) is 7.46. The van der Waals surface area contributed by atoms with Gasteiger partial charge in [-0.1, -0.05) is 18.2 Å². The quantitative estimate of drug-likeness (QED) is 0.879. The molecule has 118 valence electrons. The molecule has 0 amide bonds. The van der Waals surface area contributed by atoms with E-state index in [4.69, 9.17) is 4.74 Å². The molecule has 5 nitrogen and oxygen atoms in total. The van der Waals surface area contributed by atoms with Gasteiger partial charge in [-0.15, -0.1) is 0 Å². The molecule has 1 aliphatic rings. The monoisotopic (exact) mass is 311 g/mol. The summed E-state index contributed by atoms with van der Waals surface area (Å²) in [6.07, 6.45) is 0. The minimum absolute atomic E-state index is 0.0229. The van der Waals surface area contributed by atoms with Crippen molar-refractivity contribution in [1.82, 2.24) is 0 Å². The predicted octanol–water partition coefficient (Wildman–Crippen LogP) is 2.45. The van der Waals surface area contributed by atoms with Crippen LogP contribution in [0, 0.1) is 0 Å². The van der Waals surface area contributed by atoms with E-state index >= 15 is 0 Å². The normalized spacial score (nSPS) is 14.5. The number of aromatic carboxylic acids is 1. The number of rotatable bonds is 4. The van der Waals surface area contributed by atoms with E-state index in [9.17, 15) is 14.7 Å². The lowest BCUT2D eigenvalue weighted by atomic mass is 9.98. The highest BCUT2D eigenvalue weighted by Crippen LogP contribution is 2.20. The molecule has 0 spiro atoms. The third kappa shape index (κ3) is 3.24. The van der Waals surface area contributed by atoms with Gasteiger partial charge in [0.1, 0.15) is 0 Å². The highest BCUT2D eigenvalue weighted by atomic mass is 16.5. The van der Waals surface area contributed by atoms with Crippen LogP contribution in [0.15, 0.2) is 48.5 Å². The second-order valence-corrected chi connectivity index (χ2v) is 5.33. The molecule has 1 saturated heterocycles. The van der Waals surface area contributed by atoms with Gasteiger partial charge in [0.2, 0.25) is 0 Å². The van der Waals surface area contributed by atoms with E-state index in [-0.39, 0.29) is 16.9 Å². The van der Waals surface area contributed by atoms with E-state index in [2.05, 4.69) is 4.90 Å². The fourth-order valence-electron chi connectivity index (χ4n) is 2.67. The van der Waals surface area contributed by atoms with Crippen LogP contribution >= 0.6 is 0 Å². The molecule has 0 aromatic heterocycles. The number of hydrogen-bond donors (Lipinski definition) is 1. The topological polar surface area (TPSA) is 66.8 Å². The molecule has 2 aromatic carbocycles. The van der Waals surface area contributed by atoms with Crippen molar-refractivity contribution in [1.29, 1.82) is 0 Å². The SMILES string of the molecule is O=C(O)c1ccccc1C(=O)c1ccc(N2CCOCC2)cc1. The first kappa shape index (κ1) is 15.2. The van der Waals surface area contributed by atoms with Gasteiger partial charge in [0, 0.05) is 29.9 Å². The average molecular weight is 311 g/mol. The summed E-state index contributed by atoms with van der Waals surface area (Å²) in [6, 6.07) is 13.5. The maximum Gasteiger partial charge on any atom is 0.336 e. The Morgan fingerprint density at radius 2 is 1.52 bits per heavy atom. The van der Waals surface area contributed by atoms with Crippen molar-refractivity contribution >= 4 is 17.4 Å². The van der Waals surface area contributed by atoms with Gasteiger partial charge >= 0.3 is 5.97 Å². The Morgan fingerprint density at radius 3 is 2.13 bits per heavy atom. The molecule has 0 bridgehead atoms. The molecule has 0 saturated carbocycles. The summed E-state index contributed by atoms with van der Waals surface area (Å²) in [5.74, 6) is -1.38. The molecular weight excluding hydrogens is 294 g/mol. The Morgan fingerprint density at radius 1 is 0.913 bits per heavy atom. The van der Waals surface area contributed by atoms with Gasteiger partial charge in [0.25, 0.3) is 0 Å². The summed E-state index contributed by atoms with van der Waals surface area (Å²) in [4.78, 5) is 26.0. The van der Waals surface area contributed by atoms with Crippen LogP contribution in [0.2, 0.25) is 0 Å². The zero-order valence-corrected chi connectivity index (χ0v) is 12.6. The van der Waals surface area contributed by atoms with Crippen LogP contribution in [0.5, 0.6) is 0 Å². The predicted molar refractivity (Wildman–Crippen MR) is 86.3 cm³/mol. The molecule has 0 aliphatic carbocycles.